The van der Waals surface area contributed by atoms with Crippen molar-refractivity contribution in [3.8, 4) is 5.75 Å². The van der Waals surface area contributed by atoms with Gasteiger partial charge in [-0.3, -0.25) is 0 Å². The number of aliphatic hydroxyl groups excluding tert-OH is 1. The summed E-state index contributed by atoms with van der Waals surface area (Å²) < 4.78 is 5.68. The molecule has 1 aromatic carbocycles. The zero-order valence-electron chi connectivity index (χ0n) is 13.1. The van der Waals surface area contributed by atoms with E-state index in [9.17, 15) is 0 Å². The lowest BCUT2D eigenvalue weighted by Crippen LogP contribution is -2.23. The molecule has 4 nitrogen and oxygen atoms in total. The number of rotatable bonds is 8. The largest absolute Gasteiger partial charge is 0.489 e. The summed E-state index contributed by atoms with van der Waals surface area (Å²) in [6.07, 6.45) is 1.92. The van der Waals surface area contributed by atoms with Gasteiger partial charge in [0.1, 0.15) is 5.75 Å². The van der Waals surface area contributed by atoms with Crippen LogP contribution in [0.2, 0.25) is 0 Å². The van der Waals surface area contributed by atoms with Crippen molar-refractivity contribution in [2.24, 2.45) is 5.41 Å². The van der Waals surface area contributed by atoms with Crippen molar-refractivity contribution in [2.45, 2.75) is 46.6 Å². The summed E-state index contributed by atoms with van der Waals surface area (Å²) in [5.41, 5.74) is 7.71. The Hall–Kier alpha value is -1.42. The lowest BCUT2D eigenvalue weighted by Gasteiger charge is -2.25. The van der Waals surface area contributed by atoms with Crippen LogP contribution in [0.5, 0.6) is 5.75 Å². The van der Waals surface area contributed by atoms with Gasteiger partial charge in [0.15, 0.2) is 0 Å². The molecule has 0 aliphatic rings. The van der Waals surface area contributed by atoms with Gasteiger partial charge in [0.25, 0.3) is 0 Å². The van der Waals surface area contributed by atoms with Gasteiger partial charge in [-0.05, 0) is 44.2 Å². The molecular formula is C16H28N2O2. The molecule has 1 aromatic rings. The fourth-order valence-corrected chi connectivity index (χ4v) is 1.99. The van der Waals surface area contributed by atoms with Gasteiger partial charge in [-0.1, -0.05) is 13.8 Å². The molecule has 0 aliphatic carbocycles. The predicted molar refractivity (Wildman–Crippen MR) is 85.2 cm³/mol. The van der Waals surface area contributed by atoms with E-state index in [1.54, 1.807) is 0 Å². The standard InChI is InChI=1S/C16H28N2O2/c1-12(2)20-15-10-13(6-7-14(15)17)18-11-16(3,4)8-5-9-19/h6-7,10,12,18-19H,5,8-9,11,17H2,1-4H3. The first-order valence-electron chi connectivity index (χ1n) is 7.25. The molecule has 0 aromatic heterocycles. The molecule has 0 heterocycles. The Labute approximate surface area is 122 Å². The lowest BCUT2D eigenvalue weighted by atomic mass is 9.88. The number of hydrogen-bond donors (Lipinski definition) is 3. The minimum Gasteiger partial charge on any atom is -0.489 e. The van der Waals surface area contributed by atoms with E-state index in [0.717, 1.165) is 30.8 Å². The first kappa shape index (κ1) is 16.6. The van der Waals surface area contributed by atoms with Crippen molar-refractivity contribution in [1.82, 2.24) is 0 Å². The normalized spacial score (nSPS) is 11.7. The third kappa shape index (κ3) is 5.70. The predicted octanol–water partition coefficient (Wildman–Crippen LogP) is 3.27. The Morgan fingerprint density at radius 1 is 1.35 bits per heavy atom. The lowest BCUT2D eigenvalue weighted by molar-refractivity contribution is 0.243. The second kappa shape index (κ2) is 7.39. The molecule has 1 rings (SSSR count). The molecule has 0 aliphatic heterocycles. The number of nitrogen functional groups attached to an aromatic ring is 1. The van der Waals surface area contributed by atoms with Gasteiger partial charge < -0.3 is 20.9 Å². The molecule has 0 bridgehead atoms. The van der Waals surface area contributed by atoms with Crippen LogP contribution in [0.3, 0.4) is 0 Å². The van der Waals surface area contributed by atoms with Gasteiger partial charge in [-0.25, -0.2) is 0 Å². The number of ether oxygens (including phenoxy) is 1. The van der Waals surface area contributed by atoms with Crippen LogP contribution in [0.1, 0.15) is 40.5 Å². The van der Waals surface area contributed by atoms with Gasteiger partial charge in [0, 0.05) is 24.9 Å². The third-order valence-corrected chi connectivity index (χ3v) is 3.16. The van der Waals surface area contributed by atoms with E-state index >= 15 is 0 Å². The van der Waals surface area contributed by atoms with Crippen LogP contribution in [0.4, 0.5) is 11.4 Å². The highest BCUT2D eigenvalue weighted by Gasteiger charge is 2.17. The Kier molecular flexibility index (Phi) is 6.14. The van der Waals surface area contributed by atoms with Crippen LogP contribution in [0, 0.1) is 5.41 Å². The van der Waals surface area contributed by atoms with E-state index in [0.29, 0.717) is 5.69 Å². The summed E-state index contributed by atoms with van der Waals surface area (Å²) in [6.45, 7) is 9.45. The highest BCUT2D eigenvalue weighted by atomic mass is 16.5. The van der Waals surface area contributed by atoms with Crippen LogP contribution >= 0.6 is 0 Å². The van der Waals surface area contributed by atoms with E-state index in [1.807, 2.05) is 32.0 Å². The molecule has 4 N–H and O–H groups in total. The maximum Gasteiger partial charge on any atom is 0.144 e. The summed E-state index contributed by atoms with van der Waals surface area (Å²) in [5.74, 6) is 0.721. The fourth-order valence-electron chi connectivity index (χ4n) is 1.99. The Morgan fingerprint density at radius 2 is 2.05 bits per heavy atom. The second-order valence-corrected chi connectivity index (χ2v) is 6.26. The molecule has 0 saturated heterocycles. The molecule has 0 saturated carbocycles. The van der Waals surface area contributed by atoms with Gasteiger partial charge in [0.2, 0.25) is 0 Å². The average Bonchev–Trinajstić information content (AvgIpc) is 2.37. The van der Waals surface area contributed by atoms with E-state index in [1.165, 1.54) is 0 Å². The van der Waals surface area contributed by atoms with Gasteiger partial charge in [-0.2, -0.15) is 0 Å². The molecule has 20 heavy (non-hydrogen) atoms. The maximum atomic E-state index is 8.91. The van der Waals surface area contributed by atoms with Crippen molar-refractivity contribution in [1.29, 1.82) is 0 Å². The Morgan fingerprint density at radius 3 is 2.65 bits per heavy atom. The number of nitrogens with two attached hydrogens (primary N) is 1. The van der Waals surface area contributed by atoms with Gasteiger partial charge >= 0.3 is 0 Å². The molecule has 0 radical (unpaired) electrons. The maximum absolute atomic E-state index is 8.91. The first-order valence-corrected chi connectivity index (χ1v) is 7.25. The van der Waals surface area contributed by atoms with E-state index in [-0.39, 0.29) is 18.1 Å². The SMILES string of the molecule is CC(C)Oc1cc(NCC(C)(C)CCCO)ccc1N. The molecule has 0 amide bonds. The summed E-state index contributed by atoms with van der Waals surface area (Å²) >= 11 is 0. The molecular weight excluding hydrogens is 252 g/mol. The molecule has 4 heteroatoms. The summed E-state index contributed by atoms with van der Waals surface area (Å²) in [6, 6.07) is 5.77. The topological polar surface area (TPSA) is 67.5 Å². The smallest absolute Gasteiger partial charge is 0.144 e. The van der Waals surface area contributed by atoms with Crippen LogP contribution in [-0.2, 0) is 0 Å². The zero-order chi connectivity index (χ0) is 15.2. The minimum atomic E-state index is 0.105. The van der Waals surface area contributed by atoms with Crippen LogP contribution in [-0.4, -0.2) is 24.4 Å². The molecule has 0 unspecified atom stereocenters. The van der Waals surface area contributed by atoms with Crippen molar-refractivity contribution in [3.05, 3.63) is 18.2 Å². The Balaban J connectivity index is 2.64. The fraction of sp³-hybridized carbons (Fsp3) is 0.625. The number of benzene rings is 1. The van der Waals surface area contributed by atoms with Crippen LogP contribution in [0.15, 0.2) is 18.2 Å². The highest BCUT2D eigenvalue weighted by molar-refractivity contribution is 5.61. The Bertz CT molecular complexity index is 417. The van der Waals surface area contributed by atoms with Crippen LogP contribution < -0.4 is 15.8 Å². The molecule has 114 valence electrons. The number of aliphatic hydroxyl groups is 1. The van der Waals surface area contributed by atoms with Crippen molar-refractivity contribution >= 4 is 11.4 Å². The minimum absolute atomic E-state index is 0.105. The van der Waals surface area contributed by atoms with Gasteiger partial charge in [0.05, 0.1) is 11.8 Å². The summed E-state index contributed by atoms with van der Waals surface area (Å²) in [4.78, 5) is 0. The van der Waals surface area contributed by atoms with Crippen molar-refractivity contribution in [2.75, 3.05) is 24.2 Å². The first-order chi connectivity index (χ1) is 9.34. The van der Waals surface area contributed by atoms with Gasteiger partial charge in [-0.15, -0.1) is 0 Å². The zero-order valence-corrected chi connectivity index (χ0v) is 13.1. The van der Waals surface area contributed by atoms with E-state index in [4.69, 9.17) is 15.6 Å². The quantitative estimate of drug-likeness (QED) is 0.639. The van der Waals surface area contributed by atoms with Crippen LogP contribution in [0.25, 0.3) is 0 Å². The number of hydrogen-bond acceptors (Lipinski definition) is 4. The average molecular weight is 280 g/mol. The van der Waals surface area contributed by atoms with Crippen molar-refractivity contribution < 1.29 is 9.84 Å². The number of anilines is 2. The van der Waals surface area contributed by atoms with E-state index < -0.39 is 0 Å². The van der Waals surface area contributed by atoms with E-state index in [2.05, 4.69) is 19.2 Å². The second-order valence-electron chi connectivity index (χ2n) is 6.26. The number of nitrogens with one attached hydrogen (secondary N) is 1. The summed E-state index contributed by atoms with van der Waals surface area (Å²) in [7, 11) is 0. The highest BCUT2D eigenvalue weighted by Crippen LogP contribution is 2.28. The summed E-state index contributed by atoms with van der Waals surface area (Å²) in [5, 5.41) is 12.3. The molecule has 0 atom stereocenters. The molecule has 0 spiro atoms. The van der Waals surface area contributed by atoms with Crippen molar-refractivity contribution in [3.63, 3.8) is 0 Å². The third-order valence-electron chi connectivity index (χ3n) is 3.16. The monoisotopic (exact) mass is 280 g/mol. The molecule has 0 fully saturated rings.